The molecule has 1 fully saturated rings. The largest absolute Gasteiger partial charge is 0.376 e. The van der Waals surface area contributed by atoms with Gasteiger partial charge in [0.05, 0.1) is 33.5 Å². The van der Waals surface area contributed by atoms with E-state index in [4.69, 9.17) is 32.9 Å². The maximum Gasteiger partial charge on any atom is 0.261 e. The van der Waals surface area contributed by atoms with E-state index in [1.54, 1.807) is 23.1 Å². The highest BCUT2D eigenvalue weighted by molar-refractivity contribution is 7.22. The van der Waals surface area contributed by atoms with Gasteiger partial charge in [-0.25, -0.2) is 4.98 Å². The molecule has 0 aliphatic carbocycles. The van der Waals surface area contributed by atoms with Gasteiger partial charge in [0.2, 0.25) is 0 Å². The Kier molecular flexibility index (Phi) is 5.61. The first-order valence-electron chi connectivity index (χ1n) is 9.19. The molecule has 2 heterocycles. The number of benzene rings is 2. The lowest BCUT2D eigenvalue weighted by atomic mass is 10.1. The Morgan fingerprint density at radius 3 is 2.86 bits per heavy atom. The minimum Gasteiger partial charge on any atom is -0.376 e. The minimum atomic E-state index is -0.212. The number of aryl methyl sites for hydroxylation is 2. The minimum absolute atomic E-state index is 0.00300. The number of rotatable bonds is 4. The fraction of sp³-hybridized carbons (Fsp3) is 0.333. The van der Waals surface area contributed by atoms with Crippen LogP contribution < -0.4 is 4.90 Å². The summed E-state index contributed by atoms with van der Waals surface area (Å²) in [6.45, 7) is 5.29. The quantitative estimate of drug-likeness (QED) is 0.501. The number of nitrogens with zero attached hydrogens (tertiary/aromatic N) is 2. The molecule has 1 atom stereocenters. The van der Waals surface area contributed by atoms with Gasteiger partial charge in [0.1, 0.15) is 0 Å². The number of halogens is 2. The Morgan fingerprint density at radius 2 is 2.11 bits per heavy atom. The summed E-state index contributed by atoms with van der Waals surface area (Å²) in [5, 5.41) is 1.50. The van der Waals surface area contributed by atoms with Crippen LogP contribution in [0.1, 0.15) is 34.3 Å². The van der Waals surface area contributed by atoms with E-state index in [9.17, 15) is 4.79 Å². The molecule has 1 amide bonds. The maximum absolute atomic E-state index is 13.4. The van der Waals surface area contributed by atoms with Gasteiger partial charge in [0.15, 0.2) is 5.13 Å². The molecule has 3 aromatic rings. The molecule has 1 aliphatic rings. The van der Waals surface area contributed by atoms with Crippen molar-refractivity contribution in [1.82, 2.24) is 4.98 Å². The van der Waals surface area contributed by atoms with Crippen LogP contribution in [0, 0.1) is 13.8 Å². The van der Waals surface area contributed by atoms with Crippen LogP contribution in [0.25, 0.3) is 10.2 Å². The monoisotopic (exact) mass is 434 g/mol. The van der Waals surface area contributed by atoms with Crippen molar-refractivity contribution in [3.05, 3.63) is 57.1 Å². The van der Waals surface area contributed by atoms with Crippen molar-refractivity contribution in [2.45, 2.75) is 32.8 Å². The molecule has 0 bridgehead atoms. The average Bonchev–Trinajstić information content (AvgIpc) is 3.34. The summed E-state index contributed by atoms with van der Waals surface area (Å²) in [5.41, 5.74) is 3.62. The van der Waals surface area contributed by atoms with Crippen LogP contribution in [0.3, 0.4) is 0 Å². The summed E-state index contributed by atoms with van der Waals surface area (Å²) in [6.07, 6.45) is 1.93. The van der Waals surface area contributed by atoms with Crippen molar-refractivity contribution in [3.63, 3.8) is 0 Å². The number of anilines is 1. The highest BCUT2D eigenvalue weighted by Gasteiger charge is 2.28. The van der Waals surface area contributed by atoms with Gasteiger partial charge in [-0.05, 0) is 62.1 Å². The van der Waals surface area contributed by atoms with E-state index in [-0.39, 0.29) is 12.0 Å². The fourth-order valence-corrected chi connectivity index (χ4v) is 4.78. The van der Waals surface area contributed by atoms with Crippen LogP contribution in [-0.4, -0.2) is 30.1 Å². The predicted molar refractivity (Wildman–Crippen MR) is 116 cm³/mol. The topological polar surface area (TPSA) is 42.4 Å². The number of ether oxygens (including phenoxy) is 1. The van der Waals surface area contributed by atoms with Gasteiger partial charge in [-0.1, -0.05) is 40.6 Å². The van der Waals surface area contributed by atoms with E-state index in [1.807, 2.05) is 0 Å². The molecule has 1 aromatic heterocycles. The highest BCUT2D eigenvalue weighted by Crippen LogP contribution is 2.34. The number of thiazole rings is 1. The van der Waals surface area contributed by atoms with Gasteiger partial charge in [-0.3, -0.25) is 9.69 Å². The number of carbonyl (C=O) groups is 1. The Bertz CT molecular complexity index is 1040. The summed E-state index contributed by atoms with van der Waals surface area (Å²) in [6, 6.07) is 9.07. The van der Waals surface area contributed by atoms with Crippen molar-refractivity contribution >= 4 is 55.8 Å². The lowest BCUT2D eigenvalue weighted by Crippen LogP contribution is -2.37. The first kappa shape index (κ1) is 19.6. The molecule has 0 saturated carbocycles. The summed E-state index contributed by atoms with van der Waals surface area (Å²) >= 11 is 13.9. The van der Waals surface area contributed by atoms with Crippen LogP contribution in [-0.2, 0) is 4.74 Å². The zero-order valence-electron chi connectivity index (χ0n) is 15.7. The van der Waals surface area contributed by atoms with Gasteiger partial charge >= 0.3 is 0 Å². The second-order valence-corrected chi connectivity index (χ2v) is 8.88. The summed E-state index contributed by atoms with van der Waals surface area (Å²) < 4.78 is 6.84. The molecule has 4 nitrogen and oxygen atoms in total. The zero-order chi connectivity index (χ0) is 19.8. The lowest BCUT2D eigenvalue weighted by molar-refractivity contribution is 0.0917. The second kappa shape index (κ2) is 7.99. The zero-order valence-corrected chi connectivity index (χ0v) is 18.0. The van der Waals surface area contributed by atoms with E-state index < -0.39 is 0 Å². The molecular formula is C21H20Cl2N2O2S. The predicted octanol–water partition coefficient (Wildman–Crippen LogP) is 6.05. The van der Waals surface area contributed by atoms with Crippen molar-refractivity contribution < 1.29 is 9.53 Å². The van der Waals surface area contributed by atoms with Crippen LogP contribution in [0.2, 0.25) is 10.0 Å². The maximum atomic E-state index is 13.4. The molecular weight excluding hydrogens is 415 g/mol. The van der Waals surface area contributed by atoms with Crippen molar-refractivity contribution in [1.29, 1.82) is 0 Å². The molecule has 4 rings (SSSR count). The number of hydrogen-bond acceptors (Lipinski definition) is 4. The van der Waals surface area contributed by atoms with Crippen LogP contribution in [0.5, 0.6) is 0 Å². The third-order valence-electron chi connectivity index (χ3n) is 5.12. The fourth-order valence-electron chi connectivity index (χ4n) is 3.38. The van der Waals surface area contributed by atoms with Gasteiger partial charge in [-0.15, -0.1) is 0 Å². The average molecular weight is 435 g/mol. The molecule has 0 radical (unpaired) electrons. The molecule has 28 heavy (non-hydrogen) atoms. The molecule has 1 saturated heterocycles. The highest BCUT2D eigenvalue weighted by atomic mass is 35.5. The smallest absolute Gasteiger partial charge is 0.261 e. The van der Waals surface area contributed by atoms with E-state index in [0.29, 0.717) is 27.3 Å². The molecule has 0 N–H and O–H groups in total. The Morgan fingerprint density at radius 1 is 1.29 bits per heavy atom. The molecule has 146 valence electrons. The third-order valence-corrected chi connectivity index (χ3v) is 6.73. The van der Waals surface area contributed by atoms with Crippen LogP contribution in [0.4, 0.5) is 5.13 Å². The normalized spacial score (nSPS) is 16.6. The SMILES string of the molecule is Cc1ccc2sc(N(CC3CCCO3)C(=O)c3cc(Cl)ccc3Cl)nc2c1C. The van der Waals surface area contributed by atoms with Crippen LogP contribution in [0.15, 0.2) is 30.3 Å². The van der Waals surface area contributed by atoms with E-state index in [2.05, 4.69) is 26.0 Å². The van der Waals surface area contributed by atoms with Crippen molar-refractivity contribution in [2.75, 3.05) is 18.1 Å². The Labute approximate surface area is 178 Å². The van der Waals surface area contributed by atoms with E-state index >= 15 is 0 Å². The number of aromatic nitrogens is 1. The van der Waals surface area contributed by atoms with Gasteiger partial charge < -0.3 is 4.74 Å². The Hall–Kier alpha value is -1.66. The molecule has 1 unspecified atom stereocenters. The van der Waals surface area contributed by atoms with Gasteiger partial charge in [-0.2, -0.15) is 0 Å². The first-order chi connectivity index (χ1) is 13.4. The van der Waals surface area contributed by atoms with E-state index in [1.165, 1.54) is 16.9 Å². The van der Waals surface area contributed by atoms with Gasteiger partial charge in [0.25, 0.3) is 5.91 Å². The van der Waals surface area contributed by atoms with E-state index in [0.717, 1.165) is 35.2 Å². The number of fused-ring (bicyclic) bond motifs is 1. The first-order valence-corrected chi connectivity index (χ1v) is 10.8. The molecule has 2 aromatic carbocycles. The number of hydrogen-bond donors (Lipinski definition) is 0. The van der Waals surface area contributed by atoms with Crippen LogP contribution >= 0.6 is 34.5 Å². The Balaban J connectivity index is 1.78. The second-order valence-electron chi connectivity index (χ2n) is 7.03. The molecule has 7 heteroatoms. The van der Waals surface area contributed by atoms with Gasteiger partial charge in [0, 0.05) is 11.6 Å². The third kappa shape index (κ3) is 3.77. The summed E-state index contributed by atoms with van der Waals surface area (Å²) in [4.78, 5) is 19.9. The van der Waals surface area contributed by atoms with Crippen molar-refractivity contribution in [3.8, 4) is 0 Å². The number of amides is 1. The number of carbonyl (C=O) groups excluding carboxylic acids is 1. The lowest BCUT2D eigenvalue weighted by Gasteiger charge is -2.23. The molecule has 0 spiro atoms. The summed E-state index contributed by atoms with van der Waals surface area (Å²) in [5.74, 6) is -0.212. The van der Waals surface area contributed by atoms with Crippen molar-refractivity contribution in [2.24, 2.45) is 0 Å². The summed E-state index contributed by atoms with van der Waals surface area (Å²) in [7, 11) is 0. The standard InChI is InChI=1S/C21H20Cl2N2O2S/c1-12-5-8-18-19(13(12)2)24-21(28-18)25(11-15-4-3-9-27-15)20(26)16-10-14(22)6-7-17(16)23/h5-8,10,15H,3-4,9,11H2,1-2H3. The molecule has 1 aliphatic heterocycles.